The summed E-state index contributed by atoms with van der Waals surface area (Å²) in [4.78, 5) is 43.2. The van der Waals surface area contributed by atoms with Crippen molar-refractivity contribution in [2.45, 2.75) is 212 Å². The van der Waals surface area contributed by atoms with Crippen molar-refractivity contribution in [2.24, 2.45) is 0 Å². The lowest BCUT2D eigenvalue weighted by molar-refractivity contribution is -0.372. The molecule has 0 bridgehead atoms. The van der Waals surface area contributed by atoms with Crippen molar-refractivity contribution in [3.05, 3.63) is 118 Å². The Balaban J connectivity index is 0.948. The number of phenols is 4. The first-order valence-corrected chi connectivity index (χ1v) is 33.2. The fourth-order valence-electron chi connectivity index (χ4n) is 12.5. The molecular weight excluding hydrogens is 1400 g/mol. The Kier molecular flexibility index (Phi) is 24.8. The van der Waals surface area contributed by atoms with E-state index in [1.165, 1.54) is 101 Å². The fourth-order valence-corrected chi connectivity index (χ4v) is 12.5. The molecule has 18 N–H and O–H groups in total. The molecule has 574 valence electrons. The van der Waals surface area contributed by atoms with Gasteiger partial charge in [0, 0.05) is 29.8 Å². The number of hydrogen-bond acceptors (Lipinski definition) is 36. The standard InChI is InChI=1S/C69H82O36/c1-25-43(77)49(83)53(87)65(92-25)102-59-45(79)27(3)94-68(55(59)89)104-62-56(90)67(95-28(4)57(62)100-40(75)19-9-29-5-13-32(71)14-6-29)96-35-21-36(74)42-37(22-35)97-58(31-11-17-34(73)18-12-31)61(48(42)82)105-69-63(101-41(76)20-10-30-7-15-33(72)16-8-30)60(103-66-54(88)50(84)44(78)26(2)93-66)47(81)39(99-69)24-91-64-52(86)51(85)46(80)38(23-70)98-64/h5-22,25-28,38-39,43-47,49-57,59-60,62-74,77-81,83-90H,23-24H2,1-4H3/b19-9+,20-10+/t25?,26?,27?,28?,38?,39?,43-,44-,45-,46+,47+,49?,50?,51-,52?,53-,54-,55-,56-,57-,59?,60-,62?,63?,64+,65-,66-,67-,68-,69-/m0/s1. The molecule has 6 saturated heterocycles. The molecule has 12 unspecified atom stereocenters. The lowest BCUT2D eigenvalue weighted by atomic mass is 9.96. The number of esters is 2. The van der Waals surface area contributed by atoms with Crippen molar-refractivity contribution < 1.29 is 172 Å². The van der Waals surface area contributed by atoms with Crippen LogP contribution >= 0.6 is 0 Å². The van der Waals surface area contributed by atoms with E-state index in [2.05, 4.69) is 0 Å². The van der Waals surface area contributed by atoms with Crippen LogP contribution in [0.25, 0.3) is 34.4 Å². The van der Waals surface area contributed by atoms with E-state index in [1.807, 2.05) is 0 Å². The summed E-state index contributed by atoms with van der Waals surface area (Å²) in [6.07, 6.45) is -50.2. The number of aromatic hydroxyl groups is 4. The van der Waals surface area contributed by atoms with Gasteiger partial charge >= 0.3 is 11.9 Å². The molecular formula is C69H82O36. The summed E-state index contributed by atoms with van der Waals surface area (Å²) >= 11 is 0. The molecule has 4 aromatic carbocycles. The van der Waals surface area contributed by atoms with Gasteiger partial charge < -0.3 is 163 Å². The van der Waals surface area contributed by atoms with Crippen molar-refractivity contribution in [1.29, 1.82) is 0 Å². The van der Waals surface area contributed by atoms with E-state index in [4.69, 9.17) is 70.7 Å². The summed E-state index contributed by atoms with van der Waals surface area (Å²) in [5.41, 5.74) is -1.10. The molecule has 36 nitrogen and oxygen atoms in total. The van der Waals surface area contributed by atoms with Crippen LogP contribution in [-0.4, -0.2) is 301 Å². The highest BCUT2D eigenvalue weighted by molar-refractivity contribution is 5.89. The van der Waals surface area contributed by atoms with Crippen molar-refractivity contribution >= 4 is 35.1 Å². The van der Waals surface area contributed by atoms with Gasteiger partial charge in [-0.1, -0.05) is 24.3 Å². The lowest BCUT2D eigenvalue weighted by Gasteiger charge is -2.48. The number of aliphatic hydroxyl groups excluding tert-OH is 14. The van der Waals surface area contributed by atoms with Gasteiger partial charge in [-0.25, -0.2) is 9.59 Å². The predicted octanol–water partition coefficient (Wildman–Crippen LogP) is -3.42. The van der Waals surface area contributed by atoms with E-state index >= 15 is 4.79 Å². The van der Waals surface area contributed by atoms with Crippen LogP contribution in [-0.2, 0) is 66.4 Å². The summed E-state index contributed by atoms with van der Waals surface area (Å²) in [5, 5.41) is 196. The van der Waals surface area contributed by atoms with Crippen LogP contribution in [0, 0.1) is 0 Å². The third kappa shape index (κ3) is 17.2. The Morgan fingerprint density at radius 2 is 0.876 bits per heavy atom. The van der Waals surface area contributed by atoms with Crippen molar-refractivity contribution in [3.8, 4) is 45.8 Å². The van der Waals surface area contributed by atoms with Crippen LogP contribution in [0.15, 0.2) is 106 Å². The van der Waals surface area contributed by atoms with Crippen molar-refractivity contribution in [3.63, 3.8) is 0 Å². The third-order valence-corrected chi connectivity index (χ3v) is 18.6. The summed E-state index contributed by atoms with van der Waals surface area (Å²) in [5.74, 6) is -5.65. The van der Waals surface area contributed by atoms with E-state index in [9.17, 15) is 102 Å². The van der Waals surface area contributed by atoms with E-state index in [0.717, 1.165) is 36.4 Å². The van der Waals surface area contributed by atoms with Gasteiger partial charge in [-0.2, -0.15) is 0 Å². The maximum absolute atomic E-state index is 15.4. The Bertz CT molecular complexity index is 3870. The fraction of sp³-hybridized carbons (Fsp3) is 0.522. The monoisotopic (exact) mass is 1490 g/mol. The number of hydrogen-bond donors (Lipinski definition) is 18. The first-order valence-electron chi connectivity index (χ1n) is 33.2. The van der Waals surface area contributed by atoms with Gasteiger partial charge in [-0.3, -0.25) is 4.79 Å². The summed E-state index contributed by atoms with van der Waals surface area (Å²) in [6, 6.07) is 17.8. The lowest BCUT2D eigenvalue weighted by Crippen LogP contribution is -2.66. The number of benzene rings is 4. The number of ether oxygens (including phenoxy) is 14. The van der Waals surface area contributed by atoms with Gasteiger partial charge in [0.05, 0.1) is 37.6 Å². The zero-order valence-electron chi connectivity index (χ0n) is 56.0. The normalized spacial score (nSPS) is 38.2. The second-order valence-corrected chi connectivity index (χ2v) is 26.0. The molecule has 7 heterocycles. The van der Waals surface area contributed by atoms with Crippen LogP contribution < -0.4 is 14.9 Å². The molecule has 0 spiro atoms. The van der Waals surface area contributed by atoms with E-state index in [-0.39, 0.29) is 22.8 Å². The van der Waals surface area contributed by atoms with Crippen LogP contribution in [0.4, 0.5) is 0 Å². The van der Waals surface area contributed by atoms with E-state index in [1.54, 1.807) is 0 Å². The highest BCUT2D eigenvalue weighted by Crippen LogP contribution is 2.42. The van der Waals surface area contributed by atoms with Gasteiger partial charge in [0.15, 0.2) is 43.1 Å². The minimum absolute atomic E-state index is 0.0638. The summed E-state index contributed by atoms with van der Waals surface area (Å²) in [6.45, 7) is 3.54. The number of carbonyl (C=O) groups excluding carboxylic acids is 2. The number of fused-ring (bicyclic) bond motifs is 1. The minimum atomic E-state index is -2.29. The molecule has 36 heteroatoms. The zero-order valence-corrected chi connectivity index (χ0v) is 56.0. The van der Waals surface area contributed by atoms with Gasteiger partial charge in [-0.15, -0.1) is 0 Å². The smallest absolute Gasteiger partial charge is 0.331 e. The largest absolute Gasteiger partial charge is 0.508 e. The Hall–Kier alpha value is -7.65. The first kappa shape index (κ1) is 78.4. The highest BCUT2D eigenvalue weighted by atomic mass is 16.8. The second kappa shape index (κ2) is 33.2. The molecule has 0 radical (unpaired) electrons. The number of phenolic OH excluding ortho intramolecular Hbond substituents is 4. The Morgan fingerprint density at radius 3 is 1.42 bits per heavy atom. The van der Waals surface area contributed by atoms with Gasteiger partial charge in [0.1, 0.15) is 150 Å². The second-order valence-electron chi connectivity index (χ2n) is 26.0. The molecule has 0 aliphatic carbocycles. The maximum atomic E-state index is 15.4. The van der Waals surface area contributed by atoms with Crippen molar-refractivity contribution in [2.75, 3.05) is 13.2 Å². The third-order valence-electron chi connectivity index (χ3n) is 18.6. The molecule has 105 heavy (non-hydrogen) atoms. The molecule has 11 rings (SSSR count). The average molecular weight is 1490 g/mol. The molecule has 0 amide bonds. The van der Waals surface area contributed by atoms with Gasteiger partial charge in [-0.05, 0) is 99.5 Å². The summed E-state index contributed by atoms with van der Waals surface area (Å²) < 4.78 is 90.0. The Labute approximate surface area is 594 Å². The highest BCUT2D eigenvalue weighted by Gasteiger charge is 2.57. The first-order chi connectivity index (χ1) is 49.9. The average Bonchev–Trinajstić information content (AvgIpc) is 0.757. The molecule has 0 saturated carbocycles. The molecule has 5 aromatic rings. The van der Waals surface area contributed by atoms with E-state index in [0.29, 0.717) is 11.1 Å². The van der Waals surface area contributed by atoms with Crippen LogP contribution in [0.1, 0.15) is 38.8 Å². The van der Waals surface area contributed by atoms with Gasteiger partial charge in [0.25, 0.3) is 0 Å². The molecule has 1 aromatic heterocycles. The maximum Gasteiger partial charge on any atom is 0.331 e. The van der Waals surface area contributed by atoms with Crippen LogP contribution in [0.3, 0.4) is 0 Å². The SMILES string of the molecule is CC1O[C@@H](OC2[C@@H](O)C(C)O[C@@H](OC3[C@@H](OC(=O)/C=C/c4ccc(O)cc4)C(C)O[C@@H](Oc4cc(O)c5c(=O)c(O[C@@H]6OC(CO[C@@H]7OC(CO)[C@@H](O)[C@H](O)C7O)[C@@H](O)[C@H](O[C@@H]7OC(C)[C@H](O)C(O)[C@@H]7O)C6OC(=O)/C=C/c6ccc(O)cc6)c(-c6ccc(O)cc6)oc5c4)[C@H]3O)[C@H]2O)[C@@H](O)C(O)[C@H]1O. The predicted molar refractivity (Wildman–Crippen MR) is 347 cm³/mol. The number of rotatable bonds is 21. The number of aliphatic hydroxyl groups is 14. The molecule has 6 fully saturated rings. The van der Waals surface area contributed by atoms with Crippen molar-refractivity contribution in [1.82, 2.24) is 0 Å². The quantitative estimate of drug-likeness (QED) is 0.0251. The number of carbonyl (C=O) groups is 2. The summed E-state index contributed by atoms with van der Waals surface area (Å²) in [7, 11) is 0. The molecule has 6 aliphatic rings. The molecule has 6 aliphatic heterocycles. The van der Waals surface area contributed by atoms with Gasteiger partial charge in [0.2, 0.25) is 23.8 Å². The van der Waals surface area contributed by atoms with Crippen LogP contribution in [0.2, 0.25) is 0 Å². The van der Waals surface area contributed by atoms with E-state index < -0.39 is 249 Å². The van der Waals surface area contributed by atoms with Crippen LogP contribution in [0.5, 0.6) is 34.5 Å². The topological polar surface area (TPSA) is 558 Å². The minimum Gasteiger partial charge on any atom is -0.508 e. The zero-order chi connectivity index (χ0) is 75.7. The molecule has 30 atom stereocenters. The Morgan fingerprint density at radius 1 is 0.429 bits per heavy atom.